The van der Waals surface area contributed by atoms with Gasteiger partial charge in [-0.1, -0.05) is 0 Å². The summed E-state index contributed by atoms with van der Waals surface area (Å²) >= 11 is 0. The molecule has 0 aromatic rings. The predicted octanol–water partition coefficient (Wildman–Crippen LogP) is -7.11. The van der Waals surface area contributed by atoms with Crippen LogP contribution in [0.3, 0.4) is 0 Å². The molecule has 0 saturated carbocycles. The molecule has 0 amide bonds. The van der Waals surface area contributed by atoms with Crippen molar-refractivity contribution in [1.82, 2.24) is 0 Å². The van der Waals surface area contributed by atoms with Crippen LogP contribution in [0, 0.1) is 0 Å². The van der Waals surface area contributed by atoms with Crippen LogP contribution in [0.25, 0.3) is 0 Å². The summed E-state index contributed by atoms with van der Waals surface area (Å²) in [5, 5.41) is 26.7. The molecule has 0 aliphatic carbocycles. The first kappa shape index (κ1) is 29.6. The van der Waals surface area contributed by atoms with Gasteiger partial charge in [0.1, 0.15) is 0 Å². The second kappa shape index (κ2) is 24.0. The third-order valence-corrected chi connectivity index (χ3v) is 0. The van der Waals surface area contributed by atoms with Gasteiger partial charge in [0.15, 0.2) is 0 Å². The van der Waals surface area contributed by atoms with Crippen LogP contribution in [0.2, 0.25) is 0 Å². The molecule has 0 aromatic heterocycles. The molecular weight excluding hydrogens is 344 g/mol. The van der Waals surface area contributed by atoms with Crippen LogP contribution in [0.1, 0.15) is 20.8 Å². The van der Waals surface area contributed by atoms with Crippen LogP contribution >= 0.6 is 0 Å². The van der Waals surface area contributed by atoms with E-state index < -0.39 is 17.9 Å². The maximum Gasteiger partial charge on any atom is 2.00 e. The van der Waals surface area contributed by atoms with E-state index in [-0.39, 0.29) is 100 Å². The van der Waals surface area contributed by atoms with Crippen molar-refractivity contribution in [3.05, 3.63) is 0 Å². The van der Waals surface area contributed by atoms with Gasteiger partial charge in [-0.3, -0.25) is 0 Å². The third-order valence-electron chi connectivity index (χ3n) is 0. The molecule has 0 N–H and O–H groups in total. The van der Waals surface area contributed by atoms with Crippen LogP contribution in [0.5, 0.6) is 0 Å². The van der Waals surface area contributed by atoms with E-state index in [9.17, 15) is 0 Å². The van der Waals surface area contributed by atoms with Gasteiger partial charge < -0.3 is 29.7 Å². The van der Waals surface area contributed by atoms with E-state index in [4.69, 9.17) is 29.7 Å². The summed E-state index contributed by atoms with van der Waals surface area (Å²) in [6, 6.07) is 0. The fourth-order valence-electron chi connectivity index (χ4n) is 0. The summed E-state index contributed by atoms with van der Waals surface area (Å²) in [5.41, 5.74) is 0. The summed E-state index contributed by atoms with van der Waals surface area (Å²) < 4.78 is 0. The van der Waals surface area contributed by atoms with Crippen molar-refractivity contribution in [2.45, 2.75) is 20.8 Å². The number of hydrogen-bond donors (Lipinski definition) is 0. The van der Waals surface area contributed by atoms with Gasteiger partial charge in [0.05, 0.1) is 0 Å². The molecule has 0 unspecified atom stereocenters. The Morgan fingerprint density at radius 3 is 0.714 bits per heavy atom. The van der Waals surface area contributed by atoms with E-state index in [0.717, 1.165) is 20.8 Å². The fraction of sp³-hybridized carbons (Fsp3) is 0.500. The van der Waals surface area contributed by atoms with E-state index in [0.29, 0.717) is 0 Å². The minimum Gasteiger partial charge on any atom is -0.550 e. The standard InChI is InChI=1S/3C2H4O2.Ba.K/c3*1-2(3)4;;/h3*1H3,(H,3,4);;/q;;;+2;+1/p-3. The molecule has 0 saturated heterocycles. The summed E-state index contributed by atoms with van der Waals surface area (Å²) in [6.45, 7) is 2.92. The molecule has 0 aliphatic heterocycles. The minimum atomic E-state index is -1.08. The number of carboxylic acids is 3. The third kappa shape index (κ3) is 828. The van der Waals surface area contributed by atoms with Gasteiger partial charge in [0.2, 0.25) is 0 Å². The molecule has 0 aromatic carbocycles. The van der Waals surface area contributed by atoms with Gasteiger partial charge in [-0.05, 0) is 20.8 Å². The van der Waals surface area contributed by atoms with Gasteiger partial charge in [0.25, 0.3) is 0 Å². The SMILES string of the molecule is CC(=O)[O-].CC(=O)[O-].CC(=O)[O-].[Ba+2].[K+]. The smallest absolute Gasteiger partial charge is 0.550 e. The summed E-state index contributed by atoms with van der Waals surface area (Å²) in [7, 11) is 0. The molecule has 8 heteroatoms. The fourth-order valence-corrected chi connectivity index (χ4v) is 0. The number of aliphatic carboxylic acids is 3. The van der Waals surface area contributed by atoms with E-state index in [1.807, 2.05) is 0 Å². The molecule has 0 aliphatic rings. The maximum absolute atomic E-state index is 8.89. The zero-order valence-corrected chi connectivity index (χ0v) is 16.2. The average Bonchev–Trinajstić information content (AvgIpc) is 1.54. The van der Waals surface area contributed by atoms with Gasteiger partial charge in [0, 0.05) is 17.9 Å². The maximum atomic E-state index is 8.89. The second-order valence-corrected chi connectivity index (χ2v) is 1.47. The normalized spacial score (nSPS) is 5.36. The van der Waals surface area contributed by atoms with Gasteiger partial charge in [-0.2, -0.15) is 0 Å². The number of carboxylic acid groups (broad SMARTS) is 3. The summed E-state index contributed by atoms with van der Waals surface area (Å²) in [5.74, 6) is -3.25. The van der Waals surface area contributed by atoms with Crippen LogP contribution in [0.4, 0.5) is 0 Å². The van der Waals surface area contributed by atoms with Crippen molar-refractivity contribution < 1.29 is 81.1 Å². The molecule has 0 fully saturated rings. The van der Waals surface area contributed by atoms with E-state index >= 15 is 0 Å². The Morgan fingerprint density at radius 1 is 0.714 bits per heavy atom. The Hall–Kier alpha value is 1.62. The molecule has 6 nitrogen and oxygen atoms in total. The Bertz CT molecular complexity index is 120. The van der Waals surface area contributed by atoms with E-state index in [1.165, 1.54) is 0 Å². The van der Waals surface area contributed by atoms with Crippen molar-refractivity contribution in [2.24, 2.45) is 0 Å². The number of rotatable bonds is 0. The van der Waals surface area contributed by atoms with Crippen molar-refractivity contribution >= 4 is 66.8 Å². The molecule has 72 valence electrons. The quantitative estimate of drug-likeness (QED) is 0.399. The number of carbonyl (C=O) groups excluding carboxylic acids is 3. The van der Waals surface area contributed by atoms with Crippen molar-refractivity contribution in [3.63, 3.8) is 0 Å². The molecule has 0 heterocycles. The summed E-state index contributed by atoms with van der Waals surface area (Å²) in [6.07, 6.45) is 0. The first-order valence-corrected chi connectivity index (χ1v) is 2.72. The van der Waals surface area contributed by atoms with Crippen LogP contribution in [-0.2, 0) is 14.4 Å². The zero-order chi connectivity index (χ0) is 10.7. The first-order valence-electron chi connectivity index (χ1n) is 2.72. The molecule has 0 bridgehead atoms. The largest absolute Gasteiger partial charge is 2.00 e. The van der Waals surface area contributed by atoms with Crippen molar-refractivity contribution in [1.29, 1.82) is 0 Å². The predicted molar refractivity (Wildman–Crippen MR) is 37.8 cm³/mol. The molecular formula is C6H9BaKO6. The summed E-state index contributed by atoms with van der Waals surface area (Å²) in [4.78, 5) is 26.7. The van der Waals surface area contributed by atoms with E-state index in [1.54, 1.807) is 0 Å². The molecule has 14 heavy (non-hydrogen) atoms. The average molecular weight is 354 g/mol. The molecule has 0 atom stereocenters. The van der Waals surface area contributed by atoms with E-state index in [2.05, 4.69) is 0 Å². The molecule has 0 spiro atoms. The van der Waals surface area contributed by atoms with Crippen molar-refractivity contribution in [2.75, 3.05) is 0 Å². The minimum absolute atomic E-state index is 0. The molecule has 0 radical (unpaired) electrons. The zero-order valence-electron chi connectivity index (χ0n) is 8.66. The Kier molecular flexibility index (Phi) is 50.8. The van der Waals surface area contributed by atoms with Gasteiger partial charge >= 0.3 is 100 Å². The number of carbonyl (C=O) groups is 3. The second-order valence-electron chi connectivity index (χ2n) is 1.47. The Morgan fingerprint density at radius 2 is 0.714 bits per heavy atom. The number of hydrogen-bond acceptors (Lipinski definition) is 6. The first-order chi connectivity index (χ1) is 5.20. The van der Waals surface area contributed by atoms with Crippen LogP contribution < -0.4 is 66.7 Å². The molecule has 0 rings (SSSR count). The van der Waals surface area contributed by atoms with Crippen LogP contribution in [0.15, 0.2) is 0 Å². The Labute approximate surface area is 165 Å². The monoisotopic (exact) mass is 354 g/mol. The van der Waals surface area contributed by atoms with Crippen molar-refractivity contribution in [3.8, 4) is 0 Å². The van der Waals surface area contributed by atoms with Crippen LogP contribution in [-0.4, -0.2) is 66.8 Å². The topological polar surface area (TPSA) is 120 Å². The Balaban J connectivity index is -0.0000000270. The van der Waals surface area contributed by atoms with Gasteiger partial charge in [-0.25, -0.2) is 0 Å². The van der Waals surface area contributed by atoms with Gasteiger partial charge in [-0.15, -0.1) is 0 Å².